The smallest absolute Gasteiger partial charge is 0.191 e. The number of hydrogen-bond acceptors (Lipinski definition) is 3. The average molecular weight is 298 g/mol. The molecule has 1 aliphatic heterocycles. The van der Waals surface area contributed by atoms with Gasteiger partial charge in [0, 0.05) is 27.2 Å². The summed E-state index contributed by atoms with van der Waals surface area (Å²) in [5.41, 5.74) is -0.177. The third-order valence-corrected chi connectivity index (χ3v) is 4.10. The van der Waals surface area contributed by atoms with Crippen molar-refractivity contribution in [3.8, 4) is 0 Å². The van der Waals surface area contributed by atoms with Crippen LogP contribution in [0.1, 0.15) is 46.0 Å². The second-order valence-electron chi connectivity index (χ2n) is 6.43. The molecular formula is C16H34N4O. The minimum atomic E-state index is -0.177. The maximum atomic E-state index is 5.40. The first-order valence-corrected chi connectivity index (χ1v) is 8.29. The molecule has 0 atom stereocenters. The van der Waals surface area contributed by atoms with Gasteiger partial charge in [-0.15, -0.1) is 0 Å². The number of nitrogens with zero attached hydrogens (tertiary/aromatic N) is 2. The number of nitrogens with one attached hydrogen (secondary N) is 2. The summed E-state index contributed by atoms with van der Waals surface area (Å²) in [6, 6.07) is 0. The van der Waals surface area contributed by atoms with Crippen molar-refractivity contribution >= 4 is 5.96 Å². The highest BCUT2D eigenvalue weighted by molar-refractivity contribution is 5.79. The number of ether oxygens (including phenoxy) is 1. The van der Waals surface area contributed by atoms with Crippen LogP contribution < -0.4 is 10.6 Å². The van der Waals surface area contributed by atoms with E-state index >= 15 is 0 Å². The summed E-state index contributed by atoms with van der Waals surface area (Å²) >= 11 is 0. The summed E-state index contributed by atoms with van der Waals surface area (Å²) in [5, 5.41) is 6.69. The molecule has 0 unspecified atom stereocenters. The van der Waals surface area contributed by atoms with Gasteiger partial charge in [0.25, 0.3) is 0 Å². The average Bonchev–Trinajstić information content (AvgIpc) is 2.75. The van der Waals surface area contributed by atoms with Crippen LogP contribution in [0.5, 0.6) is 0 Å². The van der Waals surface area contributed by atoms with Gasteiger partial charge in [0.15, 0.2) is 5.96 Å². The fourth-order valence-corrected chi connectivity index (χ4v) is 2.46. The fourth-order valence-electron chi connectivity index (χ4n) is 2.46. The van der Waals surface area contributed by atoms with E-state index in [4.69, 9.17) is 4.74 Å². The Morgan fingerprint density at radius 3 is 2.38 bits per heavy atom. The van der Waals surface area contributed by atoms with Crippen LogP contribution in [0.4, 0.5) is 0 Å². The molecule has 1 aliphatic rings. The van der Waals surface area contributed by atoms with E-state index in [1.807, 2.05) is 7.05 Å². The molecule has 0 aromatic carbocycles. The van der Waals surface area contributed by atoms with Crippen molar-refractivity contribution in [1.29, 1.82) is 0 Å². The third-order valence-electron chi connectivity index (χ3n) is 4.10. The summed E-state index contributed by atoms with van der Waals surface area (Å²) in [6.07, 6.45) is 6.70. The summed E-state index contributed by atoms with van der Waals surface area (Å²) in [7, 11) is 3.54. The van der Waals surface area contributed by atoms with Crippen LogP contribution in [0.25, 0.3) is 0 Å². The Balaban J connectivity index is 2.14. The van der Waals surface area contributed by atoms with Crippen molar-refractivity contribution in [2.24, 2.45) is 4.99 Å². The minimum Gasteiger partial charge on any atom is -0.377 e. The summed E-state index contributed by atoms with van der Waals surface area (Å²) in [6.45, 7) is 9.57. The highest BCUT2D eigenvalue weighted by Crippen LogP contribution is 2.09. The lowest BCUT2D eigenvalue weighted by molar-refractivity contribution is 0.0268. The van der Waals surface area contributed by atoms with E-state index in [0.29, 0.717) is 0 Å². The molecule has 2 N–H and O–H groups in total. The summed E-state index contributed by atoms with van der Waals surface area (Å²) in [5.74, 6) is 0.857. The van der Waals surface area contributed by atoms with Gasteiger partial charge >= 0.3 is 0 Å². The molecule has 21 heavy (non-hydrogen) atoms. The summed E-state index contributed by atoms with van der Waals surface area (Å²) < 4.78 is 5.40. The number of likely N-dealkylation sites (tertiary alicyclic amines) is 1. The normalized spacial score (nSPS) is 18.4. The quantitative estimate of drug-likeness (QED) is 0.428. The van der Waals surface area contributed by atoms with Crippen LogP contribution in [-0.4, -0.2) is 63.3 Å². The minimum absolute atomic E-state index is 0.177. The second-order valence-corrected chi connectivity index (χ2v) is 6.43. The molecule has 5 nitrogen and oxygen atoms in total. The van der Waals surface area contributed by atoms with Crippen LogP contribution in [-0.2, 0) is 4.74 Å². The molecule has 1 saturated heterocycles. The molecular weight excluding hydrogens is 264 g/mol. The Labute approximate surface area is 130 Å². The predicted molar refractivity (Wildman–Crippen MR) is 90.0 cm³/mol. The lowest BCUT2D eigenvalue weighted by atomic mass is 10.1. The monoisotopic (exact) mass is 298 g/mol. The van der Waals surface area contributed by atoms with Gasteiger partial charge in [-0.2, -0.15) is 0 Å². The van der Waals surface area contributed by atoms with Crippen molar-refractivity contribution in [1.82, 2.24) is 15.5 Å². The zero-order chi connectivity index (χ0) is 15.6. The molecule has 1 fully saturated rings. The zero-order valence-corrected chi connectivity index (χ0v) is 14.4. The van der Waals surface area contributed by atoms with Crippen molar-refractivity contribution in [2.75, 3.05) is 46.9 Å². The number of methoxy groups -OCH3 is 1. The van der Waals surface area contributed by atoms with Crippen LogP contribution >= 0.6 is 0 Å². The van der Waals surface area contributed by atoms with Gasteiger partial charge in [-0.1, -0.05) is 12.8 Å². The zero-order valence-electron chi connectivity index (χ0n) is 14.4. The third kappa shape index (κ3) is 8.27. The van der Waals surface area contributed by atoms with E-state index in [-0.39, 0.29) is 5.60 Å². The van der Waals surface area contributed by atoms with Gasteiger partial charge in [0.2, 0.25) is 0 Å². The molecule has 0 amide bonds. The standard InChI is InChI=1S/C16H34N4O/c1-16(2,21-4)14-19-15(17-3)18-10-9-13-20-11-7-5-6-8-12-20/h5-14H2,1-4H3,(H2,17,18,19). The van der Waals surface area contributed by atoms with Crippen LogP contribution in [0.15, 0.2) is 4.99 Å². The Morgan fingerprint density at radius 2 is 1.81 bits per heavy atom. The van der Waals surface area contributed by atoms with E-state index < -0.39 is 0 Å². The van der Waals surface area contributed by atoms with E-state index in [2.05, 4.69) is 34.4 Å². The van der Waals surface area contributed by atoms with Crippen molar-refractivity contribution in [3.05, 3.63) is 0 Å². The van der Waals surface area contributed by atoms with Gasteiger partial charge in [-0.25, -0.2) is 0 Å². The maximum Gasteiger partial charge on any atom is 0.191 e. The molecule has 0 bridgehead atoms. The first-order chi connectivity index (χ1) is 10.1. The fraction of sp³-hybridized carbons (Fsp3) is 0.938. The van der Waals surface area contributed by atoms with Crippen molar-refractivity contribution in [3.63, 3.8) is 0 Å². The maximum absolute atomic E-state index is 5.40. The van der Waals surface area contributed by atoms with Crippen LogP contribution in [0, 0.1) is 0 Å². The molecule has 0 aliphatic carbocycles. The van der Waals surface area contributed by atoms with E-state index in [0.717, 1.165) is 25.5 Å². The number of aliphatic imine (C=N–C) groups is 1. The first-order valence-electron chi connectivity index (χ1n) is 8.29. The van der Waals surface area contributed by atoms with Gasteiger partial charge in [-0.3, -0.25) is 4.99 Å². The number of rotatable bonds is 7. The molecule has 0 aromatic heterocycles. The molecule has 5 heteroatoms. The van der Waals surface area contributed by atoms with Gasteiger partial charge < -0.3 is 20.3 Å². The Bertz CT molecular complexity index is 297. The Kier molecular flexibility index (Phi) is 8.69. The largest absolute Gasteiger partial charge is 0.377 e. The molecule has 0 radical (unpaired) electrons. The molecule has 0 aromatic rings. The van der Waals surface area contributed by atoms with Crippen molar-refractivity contribution in [2.45, 2.75) is 51.6 Å². The summed E-state index contributed by atoms with van der Waals surface area (Å²) in [4.78, 5) is 6.85. The Morgan fingerprint density at radius 1 is 1.14 bits per heavy atom. The molecule has 0 saturated carbocycles. The molecule has 1 heterocycles. The number of guanidine groups is 1. The van der Waals surface area contributed by atoms with E-state index in [1.165, 1.54) is 45.3 Å². The van der Waals surface area contributed by atoms with E-state index in [1.54, 1.807) is 7.11 Å². The van der Waals surface area contributed by atoms with E-state index in [9.17, 15) is 0 Å². The van der Waals surface area contributed by atoms with Gasteiger partial charge in [-0.05, 0) is 52.7 Å². The van der Waals surface area contributed by atoms with Crippen LogP contribution in [0.3, 0.4) is 0 Å². The lowest BCUT2D eigenvalue weighted by Crippen LogP contribution is -2.45. The SMILES string of the molecule is CN=C(NCCCN1CCCCCC1)NCC(C)(C)OC. The highest BCUT2D eigenvalue weighted by Gasteiger charge is 2.16. The van der Waals surface area contributed by atoms with Gasteiger partial charge in [0.1, 0.15) is 0 Å². The topological polar surface area (TPSA) is 48.9 Å². The predicted octanol–water partition coefficient (Wildman–Crippen LogP) is 1.84. The molecule has 0 spiro atoms. The van der Waals surface area contributed by atoms with Crippen LogP contribution in [0.2, 0.25) is 0 Å². The first kappa shape index (κ1) is 18.2. The van der Waals surface area contributed by atoms with Crippen molar-refractivity contribution < 1.29 is 4.74 Å². The number of hydrogen-bond donors (Lipinski definition) is 2. The van der Waals surface area contributed by atoms with Gasteiger partial charge in [0.05, 0.1) is 5.60 Å². The lowest BCUT2D eigenvalue weighted by Gasteiger charge is -2.24. The Hall–Kier alpha value is -0.810. The second kappa shape index (κ2) is 10.0. The highest BCUT2D eigenvalue weighted by atomic mass is 16.5. The molecule has 1 rings (SSSR count). The molecule has 124 valence electrons.